The molecule has 0 saturated heterocycles. The Morgan fingerprint density at radius 3 is 2.07 bits per heavy atom. The second kappa shape index (κ2) is 5.59. The van der Waals surface area contributed by atoms with Gasteiger partial charge in [-0.15, -0.1) is 23.5 Å². The Bertz CT molecular complexity index is 326. The summed E-state index contributed by atoms with van der Waals surface area (Å²) >= 11 is 8.83. The second-order valence-electron chi connectivity index (χ2n) is 2.55. The average molecular weight is 247 g/mol. The molecule has 0 heterocycles. The molecule has 0 aliphatic heterocycles. The van der Waals surface area contributed by atoms with Crippen LogP contribution in [0.1, 0.15) is 5.56 Å². The molecule has 1 nitrogen and oxygen atoms in total. The van der Waals surface area contributed by atoms with Crippen molar-refractivity contribution in [1.29, 1.82) is 0 Å². The number of thioether (sulfide) groups is 2. The van der Waals surface area contributed by atoms with E-state index in [0.29, 0.717) is 10.8 Å². The number of aliphatic hydroxyl groups excluding tert-OH is 1. The summed E-state index contributed by atoms with van der Waals surface area (Å²) < 4.78 is 0.910. The molecular weight excluding hydrogens is 236 g/mol. The molecule has 1 N–H and O–H groups in total. The molecule has 0 saturated carbocycles. The van der Waals surface area contributed by atoms with E-state index in [1.807, 2.05) is 24.6 Å². The molecule has 1 rings (SSSR count). The molecule has 1 aromatic rings. The first-order valence-electron chi connectivity index (χ1n) is 3.96. The first-order valence-corrected chi connectivity index (χ1v) is 6.79. The number of hydrogen-bond donors (Lipinski definition) is 1. The van der Waals surface area contributed by atoms with Crippen LogP contribution >= 0.6 is 35.1 Å². The number of hydrogen-bond acceptors (Lipinski definition) is 3. The highest BCUT2D eigenvalue weighted by atomic mass is 35.5. The smallest absolute Gasteiger partial charge is 0.142 e. The van der Waals surface area contributed by atoms with Crippen LogP contribution < -0.4 is 0 Å². The van der Waals surface area contributed by atoms with E-state index >= 15 is 0 Å². The predicted octanol–water partition coefficient (Wildman–Crippen LogP) is 4.25. The van der Waals surface area contributed by atoms with Gasteiger partial charge in [-0.2, -0.15) is 0 Å². The molecule has 1 aromatic carbocycles. The number of rotatable bonds is 3. The molecule has 14 heavy (non-hydrogen) atoms. The molecule has 76 valence electrons. The van der Waals surface area contributed by atoms with E-state index in [9.17, 15) is 5.11 Å². The highest BCUT2D eigenvalue weighted by molar-refractivity contribution is 8.21. The van der Waals surface area contributed by atoms with Crippen LogP contribution in [0.4, 0.5) is 0 Å². The van der Waals surface area contributed by atoms with Gasteiger partial charge < -0.3 is 5.11 Å². The molecule has 0 bridgehead atoms. The maximum atomic E-state index is 9.87. The van der Waals surface area contributed by atoms with E-state index in [-0.39, 0.29) is 0 Å². The van der Waals surface area contributed by atoms with Gasteiger partial charge in [-0.25, -0.2) is 0 Å². The van der Waals surface area contributed by atoms with E-state index in [4.69, 9.17) is 11.6 Å². The van der Waals surface area contributed by atoms with E-state index in [2.05, 4.69) is 0 Å². The van der Waals surface area contributed by atoms with Crippen molar-refractivity contribution in [3.05, 3.63) is 39.1 Å². The van der Waals surface area contributed by atoms with Crippen LogP contribution in [0.3, 0.4) is 0 Å². The molecule has 0 radical (unpaired) electrons. The summed E-state index contributed by atoms with van der Waals surface area (Å²) in [6, 6.07) is 7.16. The van der Waals surface area contributed by atoms with Crippen LogP contribution in [-0.4, -0.2) is 17.6 Å². The van der Waals surface area contributed by atoms with Gasteiger partial charge in [-0.3, -0.25) is 0 Å². The van der Waals surface area contributed by atoms with Crippen molar-refractivity contribution in [2.24, 2.45) is 0 Å². The SMILES string of the molecule is CSC(SC)=C(O)c1ccc(Cl)cc1. The van der Waals surface area contributed by atoms with E-state index in [1.165, 1.54) is 23.5 Å². The molecule has 0 spiro atoms. The van der Waals surface area contributed by atoms with Gasteiger partial charge in [0.1, 0.15) is 5.76 Å². The monoisotopic (exact) mass is 246 g/mol. The molecule has 0 amide bonds. The molecule has 0 aliphatic rings. The maximum Gasteiger partial charge on any atom is 0.142 e. The molecule has 0 aromatic heterocycles. The lowest BCUT2D eigenvalue weighted by molar-refractivity contribution is 0.512. The minimum absolute atomic E-state index is 0.321. The zero-order valence-electron chi connectivity index (χ0n) is 7.95. The summed E-state index contributed by atoms with van der Waals surface area (Å²) in [5, 5.41) is 10.5. The Balaban J connectivity index is 3.04. The fourth-order valence-corrected chi connectivity index (χ4v) is 2.42. The number of benzene rings is 1. The van der Waals surface area contributed by atoms with Crippen molar-refractivity contribution in [3.63, 3.8) is 0 Å². The Labute approximate surface area is 97.5 Å². The van der Waals surface area contributed by atoms with E-state index < -0.39 is 0 Å². The van der Waals surface area contributed by atoms with Crippen molar-refractivity contribution >= 4 is 40.9 Å². The minimum Gasteiger partial charge on any atom is -0.506 e. The Morgan fingerprint density at radius 1 is 1.14 bits per heavy atom. The van der Waals surface area contributed by atoms with Gasteiger partial charge in [0.2, 0.25) is 0 Å². The third kappa shape index (κ3) is 2.87. The van der Waals surface area contributed by atoms with Gasteiger partial charge in [0, 0.05) is 10.6 Å². The van der Waals surface area contributed by atoms with Crippen LogP contribution in [-0.2, 0) is 0 Å². The van der Waals surface area contributed by atoms with Crippen LogP contribution in [0.25, 0.3) is 5.76 Å². The van der Waals surface area contributed by atoms with Gasteiger partial charge in [0.25, 0.3) is 0 Å². The van der Waals surface area contributed by atoms with Crippen LogP contribution in [0, 0.1) is 0 Å². The maximum absolute atomic E-state index is 9.87. The van der Waals surface area contributed by atoms with Gasteiger partial charge in [-0.05, 0) is 36.8 Å². The average Bonchev–Trinajstić information content (AvgIpc) is 2.20. The van der Waals surface area contributed by atoms with Crippen LogP contribution in [0.2, 0.25) is 5.02 Å². The van der Waals surface area contributed by atoms with Crippen LogP contribution in [0.15, 0.2) is 28.5 Å². The minimum atomic E-state index is 0.321. The zero-order valence-corrected chi connectivity index (χ0v) is 10.3. The third-order valence-electron chi connectivity index (χ3n) is 1.68. The zero-order chi connectivity index (χ0) is 10.6. The van der Waals surface area contributed by atoms with Gasteiger partial charge >= 0.3 is 0 Å². The molecule has 4 heteroatoms. The summed E-state index contributed by atoms with van der Waals surface area (Å²) in [4.78, 5) is 0. The first-order chi connectivity index (χ1) is 6.69. The van der Waals surface area contributed by atoms with Crippen LogP contribution in [0.5, 0.6) is 0 Å². The number of halogens is 1. The number of aliphatic hydroxyl groups is 1. The largest absolute Gasteiger partial charge is 0.506 e. The van der Waals surface area contributed by atoms with Crippen molar-refractivity contribution in [2.75, 3.05) is 12.5 Å². The molecule has 0 aliphatic carbocycles. The second-order valence-corrected chi connectivity index (χ2v) is 4.88. The van der Waals surface area contributed by atoms with Crippen molar-refractivity contribution in [1.82, 2.24) is 0 Å². The van der Waals surface area contributed by atoms with Crippen molar-refractivity contribution in [3.8, 4) is 0 Å². The summed E-state index contributed by atoms with van der Waals surface area (Å²) in [7, 11) is 0. The Hall–Kier alpha value is -0.250. The van der Waals surface area contributed by atoms with Crippen molar-refractivity contribution in [2.45, 2.75) is 0 Å². The molecular formula is C10H11ClOS2. The topological polar surface area (TPSA) is 20.2 Å². The lowest BCUT2D eigenvalue weighted by Crippen LogP contribution is -1.85. The van der Waals surface area contributed by atoms with Gasteiger partial charge in [-0.1, -0.05) is 11.6 Å². The normalized spacial score (nSPS) is 9.93. The fraction of sp³-hybridized carbons (Fsp3) is 0.200. The van der Waals surface area contributed by atoms with E-state index in [0.717, 1.165) is 9.80 Å². The summed E-state index contributed by atoms with van der Waals surface area (Å²) in [6.07, 6.45) is 3.88. The molecule has 0 unspecified atom stereocenters. The lowest BCUT2D eigenvalue weighted by Gasteiger charge is -2.05. The standard InChI is InChI=1S/C10H11ClOS2/c1-13-10(14-2)9(12)7-3-5-8(11)6-4-7/h3-6,12H,1-2H3. The highest BCUT2D eigenvalue weighted by Gasteiger charge is 2.05. The summed E-state index contributed by atoms with van der Waals surface area (Å²) in [6.45, 7) is 0. The highest BCUT2D eigenvalue weighted by Crippen LogP contribution is 2.31. The van der Waals surface area contributed by atoms with Gasteiger partial charge in [0.05, 0.1) is 4.24 Å². The fourth-order valence-electron chi connectivity index (χ4n) is 1.00. The van der Waals surface area contributed by atoms with E-state index in [1.54, 1.807) is 12.1 Å². The predicted molar refractivity (Wildman–Crippen MR) is 68.0 cm³/mol. The van der Waals surface area contributed by atoms with Crippen molar-refractivity contribution < 1.29 is 5.11 Å². The Morgan fingerprint density at radius 2 is 1.64 bits per heavy atom. The quantitative estimate of drug-likeness (QED) is 0.806. The molecule has 0 atom stereocenters. The first kappa shape index (κ1) is 11.8. The Kier molecular flexibility index (Phi) is 4.72. The summed E-state index contributed by atoms with van der Waals surface area (Å²) in [5.74, 6) is 0.321. The molecule has 0 fully saturated rings. The summed E-state index contributed by atoms with van der Waals surface area (Å²) in [5.41, 5.74) is 0.799. The van der Waals surface area contributed by atoms with Gasteiger partial charge in [0.15, 0.2) is 0 Å². The third-order valence-corrected chi connectivity index (χ3v) is 4.06. The lowest BCUT2D eigenvalue weighted by atomic mass is 10.2.